The van der Waals surface area contributed by atoms with Crippen molar-refractivity contribution in [3.63, 3.8) is 0 Å². The summed E-state index contributed by atoms with van der Waals surface area (Å²) in [6.07, 6.45) is 4.84. The summed E-state index contributed by atoms with van der Waals surface area (Å²) in [4.78, 5) is 26.0. The van der Waals surface area contributed by atoms with Gasteiger partial charge in [-0.05, 0) is 19.3 Å². The SMILES string of the molecule is CCCCOC(=O)C(OCCCC)(OCCCC)C(=O)c1ccccc1. The molecular formula is C21H32O5. The van der Waals surface area contributed by atoms with Crippen molar-refractivity contribution < 1.29 is 23.8 Å². The molecule has 0 radical (unpaired) electrons. The van der Waals surface area contributed by atoms with Crippen LogP contribution in [0.1, 0.15) is 69.7 Å². The fourth-order valence-electron chi connectivity index (χ4n) is 2.29. The van der Waals surface area contributed by atoms with E-state index in [0.29, 0.717) is 5.56 Å². The summed E-state index contributed by atoms with van der Waals surface area (Å²) in [6, 6.07) is 8.62. The number of hydrogen-bond donors (Lipinski definition) is 0. The topological polar surface area (TPSA) is 61.8 Å². The van der Waals surface area contributed by atoms with Gasteiger partial charge in [0.15, 0.2) is 0 Å². The molecule has 5 heteroatoms. The first kappa shape index (κ1) is 22.3. The molecule has 0 bridgehead atoms. The van der Waals surface area contributed by atoms with Gasteiger partial charge in [0.05, 0.1) is 19.8 Å². The van der Waals surface area contributed by atoms with Crippen molar-refractivity contribution in [2.75, 3.05) is 19.8 Å². The lowest BCUT2D eigenvalue weighted by Crippen LogP contribution is -2.53. The van der Waals surface area contributed by atoms with Crippen molar-refractivity contribution >= 4 is 11.8 Å². The molecule has 0 aliphatic rings. The molecule has 0 N–H and O–H groups in total. The Balaban J connectivity index is 3.13. The van der Waals surface area contributed by atoms with Crippen LogP contribution < -0.4 is 0 Å². The van der Waals surface area contributed by atoms with E-state index in [2.05, 4.69) is 0 Å². The summed E-state index contributed by atoms with van der Waals surface area (Å²) < 4.78 is 16.9. The monoisotopic (exact) mass is 364 g/mol. The van der Waals surface area contributed by atoms with Crippen LogP contribution in [-0.2, 0) is 19.0 Å². The highest BCUT2D eigenvalue weighted by molar-refractivity contribution is 6.14. The van der Waals surface area contributed by atoms with E-state index in [9.17, 15) is 9.59 Å². The van der Waals surface area contributed by atoms with Crippen LogP contribution in [-0.4, -0.2) is 37.4 Å². The highest BCUT2D eigenvalue weighted by Crippen LogP contribution is 2.24. The number of esters is 1. The van der Waals surface area contributed by atoms with E-state index >= 15 is 0 Å². The van der Waals surface area contributed by atoms with E-state index in [1.807, 2.05) is 26.8 Å². The van der Waals surface area contributed by atoms with E-state index < -0.39 is 17.5 Å². The number of benzene rings is 1. The Morgan fingerprint density at radius 3 is 1.81 bits per heavy atom. The fourth-order valence-corrected chi connectivity index (χ4v) is 2.29. The van der Waals surface area contributed by atoms with Crippen LogP contribution in [0.5, 0.6) is 0 Å². The van der Waals surface area contributed by atoms with Gasteiger partial charge in [0.25, 0.3) is 0 Å². The number of ketones is 1. The molecular weight excluding hydrogens is 332 g/mol. The summed E-state index contributed by atoms with van der Waals surface area (Å²) in [5.74, 6) is -3.29. The van der Waals surface area contributed by atoms with Gasteiger partial charge >= 0.3 is 11.8 Å². The van der Waals surface area contributed by atoms with E-state index in [0.717, 1.165) is 38.5 Å². The van der Waals surface area contributed by atoms with E-state index in [1.165, 1.54) is 0 Å². The van der Waals surface area contributed by atoms with E-state index in [1.54, 1.807) is 24.3 Å². The normalized spacial score (nSPS) is 11.3. The van der Waals surface area contributed by atoms with Crippen LogP contribution in [0.4, 0.5) is 0 Å². The zero-order valence-electron chi connectivity index (χ0n) is 16.3. The van der Waals surface area contributed by atoms with Crippen LogP contribution in [0, 0.1) is 0 Å². The lowest BCUT2D eigenvalue weighted by atomic mass is 10.0. The van der Waals surface area contributed by atoms with Crippen LogP contribution in [0.25, 0.3) is 0 Å². The van der Waals surface area contributed by atoms with Gasteiger partial charge in [-0.2, -0.15) is 0 Å². The summed E-state index contributed by atoms with van der Waals surface area (Å²) in [5, 5.41) is 0. The van der Waals surface area contributed by atoms with Gasteiger partial charge in [-0.1, -0.05) is 70.4 Å². The van der Waals surface area contributed by atoms with E-state index in [-0.39, 0.29) is 19.8 Å². The summed E-state index contributed by atoms with van der Waals surface area (Å²) in [6.45, 7) is 6.79. The molecule has 146 valence electrons. The largest absolute Gasteiger partial charge is 0.461 e. The van der Waals surface area contributed by atoms with Crippen molar-refractivity contribution in [2.45, 2.75) is 65.1 Å². The number of rotatable bonds is 14. The highest BCUT2D eigenvalue weighted by atomic mass is 16.7. The molecule has 5 nitrogen and oxygen atoms in total. The fraction of sp³-hybridized carbons (Fsp3) is 0.619. The van der Waals surface area contributed by atoms with Gasteiger partial charge in [-0.3, -0.25) is 4.79 Å². The Bertz CT molecular complexity index is 516. The third-order valence-electron chi connectivity index (χ3n) is 3.94. The Labute approximate surface area is 157 Å². The average Bonchev–Trinajstić information content (AvgIpc) is 2.67. The number of unbranched alkanes of at least 4 members (excludes halogenated alkanes) is 3. The van der Waals surface area contributed by atoms with E-state index in [4.69, 9.17) is 14.2 Å². The van der Waals surface area contributed by atoms with Crippen LogP contribution in [0.2, 0.25) is 0 Å². The number of ether oxygens (including phenoxy) is 3. The average molecular weight is 364 g/mol. The first-order chi connectivity index (χ1) is 12.6. The minimum atomic E-state index is -2.03. The highest BCUT2D eigenvalue weighted by Gasteiger charge is 2.50. The van der Waals surface area contributed by atoms with Crippen molar-refractivity contribution in [1.82, 2.24) is 0 Å². The molecule has 1 rings (SSSR count). The van der Waals surface area contributed by atoms with Gasteiger partial charge in [-0.25, -0.2) is 4.79 Å². The number of carbonyl (C=O) groups excluding carboxylic acids is 2. The van der Waals surface area contributed by atoms with Crippen LogP contribution in [0.15, 0.2) is 30.3 Å². The van der Waals surface area contributed by atoms with Crippen molar-refractivity contribution in [3.8, 4) is 0 Å². The predicted octanol–water partition coefficient (Wildman–Crippen LogP) is 4.54. The molecule has 1 aromatic rings. The molecule has 0 amide bonds. The molecule has 0 unspecified atom stereocenters. The number of carbonyl (C=O) groups is 2. The first-order valence-electron chi connectivity index (χ1n) is 9.67. The minimum absolute atomic E-state index is 0.243. The smallest absolute Gasteiger partial charge is 0.375 e. The molecule has 0 saturated heterocycles. The molecule has 26 heavy (non-hydrogen) atoms. The second kappa shape index (κ2) is 12.6. The van der Waals surface area contributed by atoms with Crippen LogP contribution in [0.3, 0.4) is 0 Å². The lowest BCUT2D eigenvalue weighted by Gasteiger charge is -2.30. The molecule has 0 fully saturated rings. The van der Waals surface area contributed by atoms with Gasteiger partial charge in [0.2, 0.25) is 5.78 Å². The maximum atomic E-state index is 13.2. The van der Waals surface area contributed by atoms with Gasteiger partial charge in [-0.15, -0.1) is 0 Å². The minimum Gasteiger partial charge on any atom is -0.461 e. The first-order valence-corrected chi connectivity index (χ1v) is 9.67. The standard InChI is InChI=1S/C21H32O5/c1-4-7-15-24-20(23)21(25-16-8-5-2,26-17-9-6-3)19(22)18-13-11-10-12-14-18/h10-14H,4-9,15-17H2,1-3H3. The van der Waals surface area contributed by atoms with Crippen molar-refractivity contribution in [2.24, 2.45) is 0 Å². The molecule has 0 atom stereocenters. The Morgan fingerprint density at radius 2 is 1.31 bits per heavy atom. The Kier molecular flexibility index (Phi) is 10.8. The number of hydrogen-bond acceptors (Lipinski definition) is 5. The number of Topliss-reactive ketones (excluding diaryl/α,β-unsaturated/α-hetero) is 1. The summed E-state index contributed by atoms with van der Waals surface area (Å²) in [7, 11) is 0. The third kappa shape index (κ3) is 6.54. The molecule has 0 aliphatic heterocycles. The third-order valence-corrected chi connectivity index (χ3v) is 3.94. The molecule has 0 aromatic heterocycles. The maximum absolute atomic E-state index is 13.2. The lowest BCUT2D eigenvalue weighted by molar-refractivity contribution is -0.225. The molecule has 0 heterocycles. The van der Waals surface area contributed by atoms with Crippen molar-refractivity contribution in [1.29, 1.82) is 0 Å². The summed E-state index contributed by atoms with van der Waals surface area (Å²) >= 11 is 0. The molecule has 0 aliphatic carbocycles. The Morgan fingerprint density at radius 1 is 0.808 bits per heavy atom. The zero-order chi connectivity index (χ0) is 19.3. The van der Waals surface area contributed by atoms with Gasteiger partial charge in [0, 0.05) is 5.56 Å². The second-order valence-corrected chi connectivity index (χ2v) is 6.21. The molecule has 1 aromatic carbocycles. The quantitative estimate of drug-likeness (QED) is 0.159. The molecule has 0 saturated carbocycles. The molecule has 0 spiro atoms. The van der Waals surface area contributed by atoms with Crippen LogP contribution >= 0.6 is 0 Å². The zero-order valence-corrected chi connectivity index (χ0v) is 16.3. The second-order valence-electron chi connectivity index (χ2n) is 6.21. The van der Waals surface area contributed by atoms with Crippen molar-refractivity contribution in [3.05, 3.63) is 35.9 Å². The maximum Gasteiger partial charge on any atom is 0.375 e. The van der Waals surface area contributed by atoms with Gasteiger partial charge < -0.3 is 14.2 Å². The Hall–Kier alpha value is -1.72. The predicted molar refractivity (Wildman–Crippen MR) is 101 cm³/mol. The van der Waals surface area contributed by atoms with Gasteiger partial charge in [0.1, 0.15) is 0 Å². The summed E-state index contributed by atoms with van der Waals surface area (Å²) in [5.41, 5.74) is 0.368.